The van der Waals surface area contributed by atoms with Crippen LogP contribution in [0.25, 0.3) is 11.1 Å². The van der Waals surface area contributed by atoms with E-state index in [1.54, 1.807) is 7.05 Å². The van der Waals surface area contributed by atoms with E-state index in [2.05, 4.69) is 0 Å². The predicted octanol–water partition coefficient (Wildman–Crippen LogP) is 2.27. The number of nitrogens with zero attached hydrogens (tertiary/aromatic N) is 2. The molecule has 0 fully saturated rings. The molecule has 1 aliphatic heterocycles. The molecule has 1 atom stereocenters. The highest BCUT2D eigenvalue weighted by Gasteiger charge is 2.36. The molecule has 1 aliphatic rings. The van der Waals surface area contributed by atoms with Crippen LogP contribution in [0.5, 0.6) is 0 Å². The van der Waals surface area contributed by atoms with Crippen molar-refractivity contribution in [3.63, 3.8) is 0 Å². The standard InChI is InChI=1S/C17H16N2O4S/c1-11-9-12-5-3-4-6-14(12)19(11)24(21,22)13-7-8-16-15(10-13)18(2)17(20)23-16/h3-8,10-11H,9H2,1-2H3. The minimum absolute atomic E-state index is 0.148. The molecule has 1 unspecified atom stereocenters. The maximum atomic E-state index is 13.2. The van der Waals surface area contributed by atoms with Crippen molar-refractivity contribution in [2.24, 2.45) is 7.05 Å². The minimum Gasteiger partial charge on any atom is -0.408 e. The van der Waals surface area contributed by atoms with Crippen molar-refractivity contribution in [3.05, 3.63) is 58.6 Å². The predicted molar refractivity (Wildman–Crippen MR) is 90.7 cm³/mol. The summed E-state index contributed by atoms with van der Waals surface area (Å²) in [5.41, 5.74) is 2.56. The van der Waals surface area contributed by atoms with Crippen molar-refractivity contribution in [3.8, 4) is 0 Å². The summed E-state index contributed by atoms with van der Waals surface area (Å²) in [7, 11) is -2.17. The Hall–Kier alpha value is -2.54. The second-order valence-corrected chi connectivity index (χ2v) is 7.85. The number of benzene rings is 2. The monoisotopic (exact) mass is 344 g/mol. The van der Waals surface area contributed by atoms with Crippen LogP contribution >= 0.6 is 0 Å². The number of para-hydroxylation sites is 1. The molecule has 2 heterocycles. The van der Waals surface area contributed by atoms with Crippen molar-refractivity contribution in [2.45, 2.75) is 24.3 Å². The molecule has 2 aromatic carbocycles. The third-order valence-corrected chi connectivity index (χ3v) is 6.39. The molecular weight excluding hydrogens is 328 g/mol. The Morgan fingerprint density at radius 3 is 2.71 bits per heavy atom. The Balaban J connectivity index is 1.89. The maximum absolute atomic E-state index is 13.2. The Labute approximate surface area is 139 Å². The van der Waals surface area contributed by atoms with E-state index < -0.39 is 15.8 Å². The van der Waals surface area contributed by atoms with Crippen molar-refractivity contribution in [1.82, 2.24) is 4.57 Å². The molecule has 24 heavy (non-hydrogen) atoms. The van der Waals surface area contributed by atoms with Crippen LogP contribution in [0.4, 0.5) is 5.69 Å². The number of hydrogen-bond acceptors (Lipinski definition) is 4. The van der Waals surface area contributed by atoms with Crippen LogP contribution in [0.1, 0.15) is 12.5 Å². The average molecular weight is 344 g/mol. The fraction of sp³-hybridized carbons (Fsp3) is 0.235. The van der Waals surface area contributed by atoms with Crippen LogP contribution in [0, 0.1) is 0 Å². The third kappa shape index (κ3) is 2.01. The number of rotatable bonds is 2. The second-order valence-electron chi connectivity index (χ2n) is 6.04. The lowest BCUT2D eigenvalue weighted by molar-refractivity contribution is 0.528. The van der Waals surface area contributed by atoms with Gasteiger partial charge in [-0.25, -0.2) is 13.2 Å². The lowest BCUT2D eigenvalue weighted by Gasteiger charge is -2.24. The summed E-state index contributed by atoms with van der Waals surface area (Å²) in [5.74, 6) is -0.514. The number of oxazole rings is 1. The molecular formula is C17H16N2O4S. The van der Waals surface area contributed by atoms with Gasteiger partial charge in [-0.2, -0.15) is 0 Å². The first-order valence-electron chi connectivity index (χ1n) is 7.61. The van der Waals surface area contributed by atoms with Crippen LogP contribution in [-0.2, 0) is 23.5 Å². The summed E-state index contributed by atoms with van der Waals surface area (Å²) in [5, 5.41) is 0. The zero-order valence-electron chi connectivity index (χ0n) is 13.3. The van der Waals surface area contributed by atoms with Crippen molar-refractivity contribution in [2.75, 3.05) is 4.31 Å². The second kappa shape index (κ2) is 4.98. The molecule has 124 valence electrons. The topological polar surface area (TPSA) is 72.5 Å². The van der Waals surface area contributed by atoms with E-state index >= 15 is 0 Å². The van der Waals surface area contributed by atoms with Crippen LogP contribution in [0.2, 0.25) is 0 Å². The zero-order chi connectivity index (χ0) is 17.1. The molecule has 0 amide bonds. The fourth-order valence-electron chi connectivity index (χ4n) is 3.28. The molecule has 7 heteroatoms. The third-order valence-electron chi connectivity index (χ3n) is 4.46. The Bertz CT molecular complexity index is 1110. The molecule has 0 N–H and O–H groups in total. The summed E-state index contributed by atoms with van der Waals surface area (Å²) in [4.78, 5) is 11.8. The molecule has 0 bridgehead atoms. The Morgan fingerprint density at radius 1 is 1.17 bits per heavy atom. The summed E-state index contributed by atoms with van der Waals surface area (Å²) < 4.78 is 34.2. The van der Waals surface area contributed by atoms with Crippen LogP contribution in [0.3, 0.4) is 0 Å². The average Bonchev–Trinajstić information content (AvgIpc) is 3.03. The van der Waals surface area contributed by atoms with Gasteiger partial charge in [0.2, 0.25) is 0 Å². The Morgan fingerprint density at radius 2 is 1.92 bits per heavy atom. The molecule has 6 nitrogen and oxygen atoms in total. The summed E-state index contributed by atoms with van der Waals surface area (Å²) in [6.07, 6.45) is 0.682. The van der Waals surface area contributed by atoms with Gasteiger partial charge in [0.25, 0.3) is 10.0 Å². The normalized spacial score (nSPS) is 17.4. The maximum Gasteiger partial charge on any atom is 0.419 e. The van der Waals surface area contributed by atoms with E-state index in [0.717, 1.165) is 5.56 Å². The van der Waals surface area contributed by atoms with Gasteiger partial charge in [0.1, 0.15) is 0 Å². The molecule has 0 saturated carbocycles. The van der Waals surface area contributed by atoms with E-state index in [4.69, 9.17) is 4.42 Å². The number of anilines is 1. The van der Waals surface area contributed by atoms with Gasteiger partial charge in [-0.15, -0.1) is 0 Å². The van der Waals surface area contributed by atoms with E-state index in [9.17, 15) is 13.2 Å². The largest absolute Gasteiger partial charge is 0.419 e. The van der Waals surface area contributed by atoms with Gasteiger partial charge in [-0.3, -0.25) is 8.87 Å². The highest BCUT2D eigenvalue weighted by atomic mass is 32.2. The fourth-order valence-corrected chi connectivity index (χ4v) is 5.00. The van der Waals surface area contributed by atoms with Crippen molar-refractivity contribution in [1.29, 1.82) is 0 Å². The molecule has 4 rings (SSSR count). The van der Waals surface area contributed by atoms with Gasteiger partial charge in [0.15, 0.2) is 5.58 Å². The lowest BCUT2D eigenvalue weighted by atomic mass is 10.1. The van der Waals surface area contributed by atoms with Crippen LogP contribution in [0.15, 0.2) is 56.6 Å². The molecule has 3 aromatic rings. The molecule has 0 spiro atoms. The number of aryl methyl sites for hydroxylation is 1. The van der Waals surface area contributed by atoms with Gasteiger partial charge in [0.05, 0.1) is 16.1 Å². The van der Waals surface area contributed by atoms with E-state index in [1.165, 1.54) is 27.1 Å². The SMILES string of the molecule is CC1Cc2ccccc2N1S(=O)(=O)c1ccc2oc(=O)n(C)c2c1. The molecule has 1 aromatic heterocycles. The summed E-state index contributed by atoms with van der Waals surface area (Å²) >= 11 is 0. The van der Waals surface area contributed by atoms with Crippen LogP contribution < -0.4 is 10.1 Å². The quantitative estimate of drug-likeness (QED) is 0.715. The number of hydrogen-bond donors (Lipinski definition) is 0. The first-order valence-corrected chi connectivity index (χ1v) is 9.05. The first kappa shape index (κ1) is 15.0. The van der Waals surface area contributed by atoms with Gasteiger partial charge in [-0.05, 0) is 43.2 Å². The highest BCUT2D eigenvalue weighted by Crippen LogP contribution is 2.36. The molecule has 0 radical (unpaired) electrons. The minimum atomic E-state index is -3.72. The van der Waals surface area contributed by atoms with E-state index in [1.807, 2.05) is 31.2 Å². The number of sulfonamides is 1. The van der Waals surface area contributed by atoms with E-state index in [0.29, 0.717) is 23.2 Å². The van der Waals surface area contributed by atoms with Gasteiger partial charge >= 0.3 is 5.76 Å². The first-order chi connectivity index (χ1) is 11.4. The molecule has 0 aliphatic carbocycles. The number of aromatic nitrogens is 1. The lowest BCUT2D eigenvalue weighted by Crippen LogP contribution is -2.35. The van der Waals surface area contributed by atoms with Crippen molar-refractivity contribution < 1.29 is 12.8 Å². The van der Waals surface area contributed by atoms with Gasteiger partial charge in [-0.1, -0.05) is 18.2 Å². The van der Waals surface area contributed by atoms with Crippen LogP contribution in [-0.4, -0.2) is 19.0 Å². The Kier molecular flexibility index (Phi) is 3.11. The van der Waals surface area contributed by atoms with Gasteiger partial charge < -0.3 is 4.42 Å². The molecule has 0 saturated heterocycles. The zero-order valence-corrected chi connectivity index (χ0v) is 14.1. The number of fused-ring (bicyclic) bond motifs is 2. The van der Waals surface area contributed by atoms with Gasteiger partial charge in [0, 0.05) is 13.1 Å². The van der Waals surface area contributed by atoms with E-state index in [-0.39, 0.29) is 10.9 Å². The summed E-state index contributed by atoms with van der Waals surface area (Å²) in [6, 6.07) is 11.9. The smallest absolute Gasteiger partial charge is 0.408 e. The highest BCUT2D eigenvalue weighted by molar-refractivity contribution is 7.92. The van der Waals surface area contributed by atoms with Crippen molar-refractivity contribution >= 4 is 26.8 Å². The summed E-state index contributed by atoms with van der Waals surface area (Å²) in [6.45, 7) is 1.89.